The van der Waals surface area contributed by atoms with Crippen molar-refractivity contribution >= 4 is 5.69 Å². The zero-order chi connectivity index (χ0) is 26.8. The lowest BCUT2D eigenvalue weighted by atomic mass is 9.99. The Morgan fingerprint density at radius 1 is 0.895 bits per heavy atom. The van der Waals surface area contributed by atoms with Gasteiger partial charge in [-0.15, -0.1) is 0 Å². The first-order valence-corrected chi connectivity index (χ1v) is 12.7. The second kappa shape index (κ2) is 10.8. The van der Waals surface area contributed by atoms with E-state index in [0.717, 1.165) is 28.7 Å². The minimum absolute atomic E-state index is 0.0648. The van der Waals surface area contributed by atoms with Gasteiger partial charge in [0.25, 0.3) is 5.56 Å². The standard InChI is InChI=1S/C30H30F2N4O2/c1-20-28(34-16-15-23(17-34)21-9-4-2-5-10-21)29(37)36(19-27(33)22-11-6-3-7-12-22)30(38)35(20)18-24-25(31)13-8-14-26(24)32/h2-14,23,27H,15-19,33H2,1H3/t23?,27-/m0/s1. The Morgan fingerprint density at radius 2 is 1.53 bits per heavy atom. The molecular formula is C30H30F2N4O2. The lowest BCUT2D eigenvalue weighted by molar-refractivity contribution is 0.491. The lowest BCUT2D eigenvalue weighted by Crippen LogP contribution is -2.46. The van der Waals surface area contributed by atoms with Crippen LogP contribution in [-0.2, 0) is 13.1 Å². The minimum atomic E-state index is -0.748. The van der Waals surface area contributed by atoms with E-state index in [9.17, 15) is 18.4 Å². The average Bonchev–Trinajstić information content (AvgIpc) is 3.41. The highest BCUT2D eigenvalue weighted by Crippen LogP contribution is 2.30. The van der Waals surface area contributed by atoms with Crippen molar-refractivity contribution in [2.75, 3.05) is 18.0 Å². The Kier molecular flexibility index (Phi) is 7.24. The summed E-state index contributed by atoms with van der Waals surface area (Å²) >= 11 is 0. The molecule has 1 saturated heterocycles. The van der Waals surface area contributed by atoms with Crippen LogP contribution in [0.3, 0.4) is 0 Å². The van der Waals surface area contributed by atoms with Crippen LogP contribution >= 0.6 is 0 Å². The fraction of sp³-hybridized carbons (Fsp3) is 0.267. The van der Waals surface area contributed by atoms with Crippen LogP contribution in [0.5, 0.6) is 0 Å². The molecule has 38 heavy (non-hydrogen) atoms. The highest BCUT2D eigenvalue weighted by molar-refractivity contribution is 5.51. The van der Waals surface area contributed by atoms with Crippen LogP contribution in [0.15, 0.2) is 88.5 Å². The molecule has 1 unspecified atom stereocenters. The van der Waals surface area contributed by atoms with Gasteiger partial charge >= 0.3 is 5.69 Å². The minimum Gasteiger partial charge on any atom is -0.365 e. The van der Waals surface area contributed by atoms with Gasteiger partial charge in [0.2, 0.25) is 0 Å². The number of aromatic nitrogens is 2. The highest BCUT2D eigenvalue weighted by Gasteiger charge is 2.30. The van der Waals surface area contributed by atoms with E-state index in [0.29, 0.717) is 24.5 Å². The molecule has 196 valence electrons. The molecule has 0 aliphatic carbocycles. The summed E-state index contributed by atoms with van der Waals surface area (Å²) in [6.07, 6.45) is 0.841. The second-order valence-corrected chi connectivity index (χ2v) is 9.78. The van der Waals surface area contributed by atoms with E-state index in [1.807, 2.05) is 53.4 Å². The summed E-state index contributed by atoms with van der Waals surface area (Å²) in [4.78, 5) is 29.5. The van der Waals surface area contributed by atoms with Gasteiger partial charge in [-0.3, -0.25) is 13.9 Å². The van der Waals surface area contributed by atoms with Crippen molar-refractivity contribution in [3.05, 3.63) is 134 Å². The van der Waals surface area contributed by atoms with Crippen molar-refractivity contribution < 1.29 is 8.78 Å². The SMILES string of the molecule is Cc1c(N2CCC(c3ccccc3)C2)c(=O)n(C[C@H](N)c2ccccc2)c(=O)n1Cc1c(F)cccc1F. The quantitative estimate of drug-likeness (QED) is 0.397. The van der Waals surface area contributed by atoms with Crippen LogP contribution in [0.25, 0.3) is 0 Å². The predicted molar refractivity (Wildman–Crippen MR) is 145 cm³/mol. The molecule has 1 aliphatic heterocycles. The van der Waals surface area contributed by atoms with Crippen LogP contribution in [-0.4, -0.2) is 22.2 Å². The summed E-state index contributed by atoms with van der Waals surface area (Å²) in [7, 11) is 0. The van der Waals surface area contributed by atoms with E-state index in [4.69, 9.17) is 5.73 Å². The van der Waals surface area contributed by atoms with Gasteiger partial charge in [-0.25, -0.2) is 13.6 Å². The van der Waals surface area contributed by atoms with E-state index < -0.39 is 28.9 Å². The fourth-order valence-corrected chi connectivity index (χ4v) is 5.30. The molecule has 2 N–H and O–H groups in total. The molecule has 4 aromatic rings. The number of halogens is 2. The van der Waals surface area contributed by atoms with Gasteiger partial charge in [0.15, 0.2) is 0 Å². The molecule has 2 heterocycles. The molecule has 3 aromatic carbocycles. The van der Waals surface area contributed by atoms with Crippen molar-refractivity contribution in [3.63, 3.8) is 0 Å². The molecule has 5 rings (SSSR count). The van der Waals surface area contributed by atoms with E-state index >= 15 is 0 Å². The summed E-state index contributed by atoms with van der Waals surface area (Å²) in [5.74, 6) is -1.27. The van der Waals surface area contributed by atoms with Crippen molar-refractivity contribution in [1.29, 1.82) is 0 Å². The molecule has 2 atom stereocenters. The molecule has 1 fully saturated rings. The molecule has 1 aliphatic rings. The number of benzene rings is 3. The molecule has 0 radical (unpaired) electrons. The normalized spacial score (nSPS) is 16.1. The van der Waals surface area contributed by atoms with Crippen LogP contribution in [0, 0.1) is 18.6 Å². The maximum atomic E-state index is 14.6. The third kappa shape index (κ3) is 4.91. The Balaban J connectivity index is 1.60. The van der Waals surface area contributed by atoms with Crippen LogP contribution in [0.2, 0.25) is 0 Å². The number of rotatable bonds is 7. The number of anilines is 1. The lowest BCUT2D eigenvalue weighted by Gasteiger charge is -2.25. The summed E-state index contributed by atoms with van der Waals surface area (Å²) in [5, 5.41) is 0. The molecule has 8 heteroatoms. The molecular weight excluding hydrogens is 486 g/mol. The molecule has 0 spiro atoms. The number of nitrogens with zero attached hydrogens (tertiary/aromatic N) is 3. The van der Waals surface area contributed by atoms with Gasteiger partial charge in [0.1, 0.15) is 17.3 Å². The molecule has 0 amide bonds. The van der Waals surface area contributed by atoms with Gasteiger partial charge < -0.3 is 10.6 Å². The van der Waals surface area contributed by atoms with Crippen LogP contribution in [0.4, 0.5) is 14.5 Å². The van der Waals surface area contributed by atoms with Crippen molar-refractivity contribution in [2.45, 2.75) is 38.4 Å². The van der Waals surface area contributed by atoms with Gasteiger partial charge in [-0.2, -0.15) is 0 Å². The largest absolute Gasteiger partial charge is 0.365 e. The maximum absolute atomic E-state index is 14.6. The smallest absolute Gasteiger partial charge is 0.331 e. The first kappa shape index (κ1) is 25.6. The number of hydrogen-bond donors (Lipinski definition) is 1. The zero-order valence-electron chi connectivity index (χ0n) is 21.2. The Labute approximate surface area is 219 Å². The van der Waals surface area contributed by atoms with E-state index in [-0.39, 0.29) is 24.6 Å². The third-order valence-corrected chi connectivity index (χ3v) is 7.42. The predicted octanol–water partition coefficient (Wildman–Crippen LogP) is 4.34. The van der Waals surface area contributed by atoms with Crippen molar-refractivity contribution in [2.24, 2.45) is 5.73 Å². The summed E-state index contributed by atoms with van der Waals surface area (Å²) in [5.41, 5.74) is 7.78. The number of nitrogens with two attached hydrogens (primary N) is 1. The van der Waals surface area contributed by atoms with E-state index in [1.54, 1.807) is 6.92 Å². The van der Waals surface area contributed by atoms with Crippen LogP contribution in [0.1, 0.15) is 40.8 Å². The van der Waals surface area contributed by atoms with Gasteiger partial charge in [0, 0.05) is 36.3 Å². The Bertz CT molecular complexity index is 1530. The fourth-order valence-electron chi connectivity index (χ4n) is 5.30. The van der Waals surface area contributed by atoms with E-state index in [2.05, 4.69) is 12.1 Å². The first-order chi connectivity index (χ1) is 18.3. The second-order valence-electron chi connectivity index (χ2n) is 9.78. The van der Waals surface area contributed by atoms with Gasteiger partial charge in [-0.05, 0) is 36.6 Å². The van der Waals surface area contributed by atoms with E-state index in [1.165, 1.54) is 16.2 Å². The highest BCUT2D eigenvalue weighted by atomic mass is 19.1. The van der Waals surface area contributed by atoms with Gasteiger partial charge in [0.05, 0.1) is 13.1 Å². The molecule has 0 saturated carbocycles. The van der Waals surface area contributed by atoms with Gasteiger partial charge in [-0.1, -0.05) is 66.7 Å². The monoisotopic (exact) mass is 516 g/mol. The Morgan fingerprint density at radius 3 is 2.18 bits per heavy atom. The Hall–Kier alpha value is -4.04. The summed E-state index contributed by atoms with van der Waals surface area (Å²) < 4.78 is 31.6. The van der Waals surface area contributed by atoms with Crippen LogP contribution < -0.4 is 21.9 Å². The van der Waals surface area contributed by atoms with Crippen molar-refractivity contribution in [1.82, 2.24) is 9.13 Å². The number of hydrogen-bond acceptors (Lipinski definition) is 4. The topological polar surface area (TPSA) is 73.3 Å². The average molecular weight is 517 g/mol. The maximum Gasteiger partial charge on any atom is 0.331 e. The summed E-state index contributed by atoms with van der Waals surface area (Å²) in [6, 6.07) is 22.3. The third-order valence-electron chi connectivity index (χ3n) is 7.42. The molecule has 1 aromatic heterocycles. The molecule has 6 nitrogen and oxygen atoms in total. The summed E-state index contributed by atoms with van der Waals surface area (Å²) in [6.45, 7) is 2.47. The molecule has 0 bridgehead atoms. The first-order valence-electron chi connectivity index (χ1n) is 12.7. The zero-order valence-corrected chi connectivity index (χ0v) is 21.2. The van der Waals surface area contributed by atoms with Crippen molar-refractivity contribution in [3.8, 4) is 0 Å².